The lowest BCUT2D eigenvalue weighted by molar-refractivity contribution is 0.0770. The zero-order chi connectivity index (χ0) is 13.0. The molecule has 0 saturated carbocycles. The highest BCUT2D eigenvalue weighted by Gasteiger charge is 2.17. The molecule has 0 spiro atoms. The quantitative estimate of drug-likeness (QED) is 0.807. The molecule has 94 valence electrons. The molecule has 0 aliphatic carbocycles. The Labute approximate surface area is 106 Å². The first-order valence-electron chi connectivity index (χ1n) is 5.41. The molecule has 1 atom stereocenters. The molecule has 1 aromatic rings. The van der Waals surface area contributed by atoms with Crippen LogP contribution in [0.3, 0.4) is 0 Å². The second kappa shape index (κ2) is 5.89. The van der Waals surface area contributed by atoms with Crippen LogP contribution in [-0.4, -0.2) is 35.6 Å². The lowest BCUT2D eigenvalue weighted by Crippen LogP contribution is -2.30. The van der Waals surface area contributed by atoms with Crippen LogP contribution in [0.5, 0.6) is 0 Å². The molecule has 0 fully saturated rings. The fourth-order valence-electron chi connectivity index (χ4n) is 1.44. The van der Waals surface area contributed by atoms with Crippen LogP contribution in [0.4, 0.5) is 5.69 Å². The van der Waals surface area contributed by atoms with E-state index in [4.69, 9.17) is 17.3 Å². The van der Waals surface area contributed by atoms with Gasteiger partial charge in [0.15, 0.2) is 0 Å². The molecule has 17 heavy (non-hydrogen) atoms. The maximum atomic E-state index is 12.1. The van der Waals surface area contributed by atoms with Crippen molar-refractivity contribution in [1.82, 2.24) is 4.90 Å². The number of benzene rings is 1. The van der Waals surface area contributed by atoms with E-state index in [9.17, 15) is 9.90 Å². The number of carbonyl (C=O) groups excluding carboxylic acids is 1. The van der Waals surface area contributed by atoms with Gasteiger partial charge in [-0.2, -0.15) is 0 Å². The Balaban J connectivity index is 2.82. The fourth-order valence-corrected chi connectivity index (χ4v) is 1.70. The highest BCUT2D eigenvalue weighted by molar-refractivity contribution is 6.34. The zero-order valence-corrected chi connectivity index (χ0v) is 10.7. The largest absolute Gasteiger partial charge is 0.398 e. The van der Waals surface area contributed by atoms with E-state index in [0.29, 0.717) is 29.2 Å². The third-order valence-electron chi connectivity index (χ3n) is 2.49. The normalized spacial score (nSPS) is 12.2. The standard InChI is InChI=1S/C12H17ClN2O2/c1-8(16)6-7-15(2)12(17)11-9(13)4-3-5-10(11)14/h3-5,8,16H,6-7,14H2,1-2H3. The minimum absolute atomic E-state index is 0.228. The summed E-state index contributed by atoms with van der Waals surface area (Å²) in [7, 11) is 1.66. The summed E-state index contributed by atoms with van der Waals surface area (Å²) in [5.41, 5.74) is 6.42. The highest BCUT2D eigenvalue weighted by atomic mass is 35.5. The first kappa shape index (κ1) is 13.8. The smallest absolute Gasteiger partial charge is 0.257 e. The maximum absolute atomic E-state index is 12.1. The molecule has 1 unspecified atom stereocenters. The average molecular weight is 257 g/mol. The molecule has 1 aromatic carbocycles. The molecule has 0 aromatic heterocycles. The summed E-state index contributed by atoms with van der Waals surface area (Å²) in [6.07, 6.45) is 0.0842. The number of aliphatic hydroxyl groups excluding tert-OH is 1. The summed E-state index contributed by atoms with van der Waals surface area (Å²) in [5.74, 6) is -0.228. The van der Waals surface area contributed by atoms with Crippen molar-refractivity contribution in [2.75, 3.05) is 19.3 Å². The summed E-state index contributed by atoms with van der Waals surface area (Å²) in [5, 5.41) is 9.52. The monoisotopic (exact) mass is 256 g/mol. The number of nitrogens with two attached hydrogens (primary N) is 1. The van der Waals surface area contributed by atoms with E-state index in [1.54, 1.807) is 32.2 Å². The molecule has 0 aliphatic heterocycles. The van der Waals surface area contributed by atoms with Crippen molar-refractivity contribution in [3.63, 3.8) is 0 Å². The number of carbonyl (C=O) groups is 1. The van der Waals surface area contributed by atoms with Gasteiger partial charge in [-0.3, -0.25) is 4.79 Å². The maximum Gasteiger partial charge on any atom is 0.257 e. The van der Waals surface area contributed by atoms with Gasteiger partial charge < -0.3 is 15.7 Å². The van der Waals surface area contributed by atoms with Gasteiger partial charge in [0, 0.05) is 19.3 Å². The van der Waals surface area contributed by atoms with Gasteiger partial charge in [0.05, 0.1) is 16.7 Å². The summed E-state index contributed by atoms with van der Waals surface area (Å²) in [6, 6.07) is 4.97. The Morgan fingerprint density at radius 1 is 1.59 bits per heavy atom. The van der Waals surface area contributed by atoms with Crippen LogP contribution >= 0.6 is 11.6 Å². The van der Waals surface area contributed by atoms with Gasteiger partial charge in [-0.25, -0.2) is 0 Å². The summed E-state index contributed by atoms with van der Waals surface area (Å²) in [6.45, 7) is 2.14. The Hall–Kier alpha value is -1.26. The number of hydrogen-bond donors (Lipinski definition) is 2. The van der Waals surface area contributed by atoms with Gasteiger partial charge in [0.25, 0.3) is 5.91 Å². The Morgan fingerprint density at radius 3 is 2.76 bits per heavy atom. The molecule has 0 heterocycles. The van der Waals surface area contributed by atoms with Crippen molar-refractivity contribution in [1.29, 1.82) is 0 Å². The number of hydrogen-bond acceptors (Lipinski definition) is 3. The lowest BCUT2D eigenvalue weighted by Gasteiger charge is -2.19. The predicted molar refractivity (Wildman–Crippen MR) is 69.1 cm³/mol. The third-order valence-corrected chi connectivity index (χ3v) is 2.80. The van der Waals surface area contributed by atoms with E-state index in [0.717, 1.165) is 0 Å². The van der Waals surface area contributed by atoms with Crippen LogP contribution in [0.1, 0.15) is 23.7 Å². The van der Waals surface area contributed by atoms with Gasteiger partial charge in [-0.05, 0) is 25.5 Å². The molecule has 1 rings (SSSR count). The lowest BCUT2D eigenvalue weighted by atomic mass is 10.1. The van der Waals surface area contributed by atoms with E-state index in [1.807, 2.05) is 0 Å². The number of amides is 1. The number of nitrogens with zero attached hydrogens (tertiary/aromatic N) is 1. The summed E-state index contributed by atoms with van der Waals surface area (Å²) >= 11 is 5.95. The molecule has 5 heteroatoms. The topological polar surface area (TPSA) is 66.6 Å². The minimum atomic E-state index is -0.436. The SMILES string of the molecule is CC(O)CCN(C)C(=O)c1c(N)cccc1Cl. The second-order valence-electron chi connectivity index (χ2n) is 4.07. The number of aliphatic hydroxyl groups is 1. The Morgan fingerprint density at radius 2 is 2.24 bits per heavy atom. The Kier molecular flexibility index (Phi) is 4.78. The van der Waals surface area contributed by atoms with E-state index < -0.39 is 6.10 Å². The first-order valence-corrected chi connectivity index (χ1v) is 5.78. The molecule has 0 bridgehead atoms. The van der Waals surface area contributed by atoms with Crippen LogP contribution in [-0.2, 0) is 0 Å². The molecular weight excluding hydrogens is 240 g/mol. The molecular formula is C12H17ClN2O2. The summed E-state index contributed by atoms with van der Waals surface area (Å²) in [4.78, 5) is 13.6. The van der Waals surface area contributed by atoms with Crippen LogP contribution in [0.2, 0.25) is 5.02 Å². The Bertz CT molecular complexity index is 387. The molecule has 0 radical (unpaired) electrons. The van der Waals surface area contributed by atoms with Crippen molar-refractivity contribution < 1.29 is 9.90 Å². The third kappa shape index (κ3) is 3.61. The first-order chi connectivity index (χ1) is 7.93. The van der Waals surface area contributed by atoms with Crippen LogP contribution < -0.4 is 5.73 Å². The van der Waals surface area contributed by atoms with Gasteiger partial charge in [-0.15, -0.1) is 0 Å². The number of nitrogen functional groups attached to an aromatic ring is 1. The minimum Gasteiger partial charge on any atom is -0.398 e. The predicted octanol–water partition coefficient (Wildman–Crippen LogP) is 1.77. The number of halogens is 1. The molecule has 1 amide bonds. The summed E-state index contributed by atoms with van der Waals surface area (Å²) < 4.78 is 0. The van der Waals surface area contributed by atoms with Gasteiger partial charge in [-0.1, -0.05) is 17.7 Å². The van der Waals surface area contributed by atoms with Crippen molar-refractivity contribution in [2.45, 2.75) is 19.4 Å². The van der Waals surface area contributed by atoms with Gasteiger partial charge in [0.1, 0.15) is 0 Å². The fraction of sp³-hybridized carbons (Fsp3) is 0.417. The molecule has 0 aliphatic rings. The number of anilines is 1. The van der Waals surface area contributed by atoms with Crippen LogP contribution in [0, 0.1) is 0 Å². The van der Waals surface area contributed by atoms with Crippen molar-refractivity contribution in [3.05, 3.63) is 28.8 Å². The number of rotatable bonds is 4. The van der Waals surface area contributed by atoms with Gasteiger partial charge >= 0.3 is 0 Å². The van der Waals surface area contributed by atoms with Crippen molar-refractivity contribution in [3.8, 4) is 0 Å². The molecule has 0 saturated heterocycles. The highest BCUT2D eigenvalue weighted by Crippen LogP contribution is 2.23. The van der Waals surface area contributed by atoms with Crippen LogP contribution in [0.25, 0.3) is 0 Å². The average Bonchev–Trinajstić information content (AvgIpc) is 2.25. The van der Waals surface area contributed by atoms with Crippen molar-refractivity contribution >= 4 is 23.2 Å². The van der Waals surface area contributed by atoms with E-state index in [-0.39, 0.29) is 5.91 Å². The van der Waals surface area contributed by atoms with E-state index in [1.165, 1.54) is 4.90 Å². The molecule has 3 N–H and O–H groups in total. The zero-order valence-electron chi connectivity index (χ0n) is 9.98. The van der Waals surface area contributed by atoms with Crippen LogP contribution in [0.15, 0.2) is 18.2 Å². The van der Waals surface area contributed by atoms with Gasteiger partial charge in [0.2, 0.25) is 0 Å². The molecule has 4 nitrogen and oxygen atoms in total. The van der Waals surface area contributed by atoms with Crippen molar-refractivity contribution in [2.24, 2.45) is 0 Å². The van der Waals surface area contributed by atoms with E-state index >= 15 is 0 Å². The van der Waals surface area contributed by atoms with E-state index in [2.05, 4.69) is 0 Å². The second-order valence-corrected chi connectivity index (χ2v) is 4.48.